The van der Waals surface area contributed by atoms with Gasteiger partial charge < -0.3 is 10.1 Å². The summed E-state index contributed by atoms with van der Waals surface area (Å²) in [6, 6.07) is 11.1. The van der Waals surface area contributed by atoms with E-state index in [0.29, 0.717) is 5.69 Å². The van der Waals surface area contributed by atoms with Crippen molar-refractivity contribution < 1.29 is 9.53 Å². The predicted molar refractivity (Wildman–Crippen MR) is 74.1 cm³/mol. The number of aromatic nitrogens is 1. The molecule has 0 spiro atoms. The van der Waals surface area contributed by atoms with Crippen molar-refractivity contribution in [2.24, 2.45) is 0 Å². The average molecular weight is 256 g/mol. The van der Waals surface area contributed by atoms with Crippen molar-refractivity contribution in [1.82, 2.24) is 4.98 Å². The fraction of sp³-hybridized carbons (Fsp3) is 0.200. The zero-order valence-corrected chi connectivity index (χ0v) is 11.0. The summed E-state index contributed by atoms with van der Waals surface area (Å²) < 4.78 is 5.65. The molecule has 19 heavy (non-hydrogen) atoms. The molecule has 1 amide bonds. The van der Waals surface area contributed by atoms with Gasteiger partial charge in [-0.05, 0) is 37.6 Å². The summed E-state index contributed by atoms with van der Waals surface area (Å²) in [5.41, 5.74) is 1.71. The van der Waals surface area contributed by atoms with E-state index >= 15 is 0 Å². The summed E-state index contributed by atoms with van der Waals surface area (Å²) in [6.07, 6.45) is 2.69. The Morgan fingerprint density at radius 2 is 1.89 bits per heavy atom. The number of nitrogens with zero attached hydrogens (tertiary/aromatic N) is 1. The molecule has 1 atom stereocenters. The third-order valence-electron chi connectivity index (χ3n) is 2.71. The van der Waals surface area contributed by atoms with Crippen LogP contribution >= 0.6 is 0 Å². The molecule has 0 fully saturated rings. The standard InChI is InChI=1S/C15H16N2O2/c1-11-5-3-4-6-14(11)19-12(2)15(18)17-13-7-9-16-10-8-13/h3-10,12H,1-2H3,(H,16,17,18)/t12-/m0/s1. The van der Waals surface area contributed by atoms with Gasteiger partial charge >= 0.3 is 0 Å². The number of carbonyl (C=O) groups excluding carboxylic acids is 1. The molecule has 0 unspecified atom stereocenters. The molecular weight excluding hydrogens is 240 g/mol. The molecule has 1 N–H and O–H groups in total. The Labute approximate surface area is 112 Å². The van der Waals surface area contributed by atoms with Gasteiger partial charge in [-0.2, -0.15) is 0 Å². The Hall–Kier alpha value is -2.36. The van der Waals surface area contributed by atoms with Crippen LogP contribution in [0.2, 0.25) is 0 Å². The second kappa shape index (κ2) is 6.00. The van der Waals surface area contributed by atoms with Gasteiger partial charge in [0.05, 0.1) is 0 Å². The number of pyridine rings is 1. The van der Waals surface area contributed by atoms with Crippen LogP contribution in [0.4, 0.5) is 5.69 Å². The molecule has 2 aromatic rings. The highest BCUT2D eigenvalue weighted by atomic mass is 16.5. The summed E-state index contributed by atoms with van der Waals surface area (Å²) in [4.78, 5) is 15.9. The van der Waals surface area contributed by atoms with Crippen molar-refractivity contribution in [3.63, 3.8) is 0 Å². The number of nitrogens with one attached hydrogen (secondary N) is 1. The van der Waals surface area contributed by atoms with E-state index in [4.69, 9.17) is 4.74 Å². The van der Waals surface area contributed by atoms with Gasteiger partial charge in [0.15, 0.2) is 6.10 Å². The number of anilines is 1. The Kier molecular flexibility index (Phi) is 4.13. The van der Waals surface area contributed by atoms with Gasteiger partial charge in [-0.25, -0.2) is 0 Å². The van der Waals surface area contributed by atoms with E-state index in [9.17, 15) is 4.79 Å². The minimum Gasteiger partial charge on any atom is -0.481 e. The lowest BCUT2D eigenvalue weighted by molar-refractivity contribution is -0.122. The van der Waals surface area contributed by atoms with Crippen LogP contribution in [0.3, 0.4) is 0 Å². The van der Waals surface area contributed by atoms with Crippen LogP contribution in [0.25, 0.3) is 0 Å². The Balaban J connectivity index is 1.98. The van der Waals surface area contributed by atoms with Crippen LogP contribution in [-0.4, -0.2) is 17.0 Å². The molecule has 2 rings (SSSR count). The lowest BCUT2D eigenvalue weighted by Gasteiger charge is -2.16. The first-order valence-corrected chi connectivity index (χ1v) is 6.10. The number of benzene rings is 1. The first-order valence-electron chi connectivity index (χ1n) is 6.10. The molecule has 0 saturated carbocycles. The zero-order valence-electron chi connectivity index (χ0n) is 11.0. The first kappa shape index (κ1) is 13.1. The van der Waals surface area contributed by atoms with Crippen molar-refractivity contribution >= 4 is 11.6 Å². The van der Waals surface area contributed by atoms with Gasteiger partial charge in [-0.3, -0.25) is 9.78 Å². The van der Waals surface area contributed by atoms with E-state index in [1.807, 2.05) is 31.2 Å². The zero-order chi connectivity index (χ0) is 13.7. The largest absolute Gasteiger partial charge is 0.481 e. The van der Waals surface area contributed by atoms with Crippen molar-refractivity contribution in [2.75, 3.05) is 5.32 Å². The maximum Gasteiger partial charge on any atom is 0.265 e. The van der Waals surface area contributed by atoms with Gasteiger partial charge in [0.2, 0.25) is 0 Å². The SMILES string of the molecule is Cc1ccccc1O[C@@H](C)C(=O)Nc1ccncc1. The van der Waals surface area contributed by atoms with E-state index in [1.54, 1.807) is 31.5 Å². The predicted octanol–water partition coefficient (Wildman–Crippen LogP) is 2.80. The van der Waals surface area contributed by atoms with Gasteiger partial charge in [-0.1, -0.05) is 18.2 Å². The summed E-state index contributed by atoms with van der Waals surface area (Å²) in [7, 11) is 0. The highest BCUT2D eigenvalue weighted by Gasteiger charge is 2.15. The Morgan fingerprint density at radius 1 is 1.21 bits per heavy atom. The number of rotatable bonds is 4. The number of hydrogen-bond donors (Lipinski definition) is 1. The fourth-order valence-electron chi connectivity index (χ4n) is 1.61. The van der Waals surface area contributed by atoms with Crippen molar-refractivity contribution in [3.8, 4) is 5.75 Å². The summed E-state index contributed by atoms with van der Waals surface area (Å²) in [6.45, 7) is 3.67. The maximum atomic E-state index is 12.0. The summed E-state index contributed by atoms with van der Waals surface area (Å²) in [5.74, 6) is 0.536. The van der Waals surface area contributed by atoms with Crippen molar-refractivity contribution in [1.29, 1.82) is 0 Å². The van der Waals surface area contributed by atoms with Crippen LogP contribution < -0.4 is 10.1 Å². The minimum absolute atomic E-state index is 0.186. The van der Waals surface area contributed by atoms with Crippen LogP contribution in [0.1, 0.15) is 12.5 Å². The first-order chi connectivity index (χ1) is 9.16. The molecule has 0 radical (unpaired) electrons. The van der Waals surface area contributed by atoms with Gasteiger partial charge in [0.1, 0.15) is 5.75 Å². The van der Waals surface area contributed by atoms with Crippen molar-refractivity contribution in [2.45, 2.75) is 20.0 Å². The smallest absolute Gasteiger partial charge is 0.265 e. The molecule has 1 aromatic heterocycles. The number of carbonyl (C=O) groups is 1. The molecule has 0 aliphatic heterocycles. The monoisotopic (exact) mass is 256 g/mol. The molecule has 0 bridgehead atoms. The maximum absolute atomic E-state index is 12.0. The van der Waals surface area contributed by atoms with Gasteiger partial charge in [0.25, 0.3) is 5.91 Å². The molecule has 4 nitrogen and oxygen atoms in total. The highest BCUT2D eigenvalue weighted by molar-refractivity contribution is 5.94. The van der Waals surface area contributed by atoms with Gasteiger partial charge in [0, 0.05) is 18.1 Å². The van der Waals surface area contributed by atoms with Crippen LogP contribution in [-0.2, 0) is 4.79 Å². The van der Waals surface area contributed by atoms with E-state index in [1.165, 1.54) is 0 Å². The Morgan fingerprint density at radius 3 is 2.58 bits per heavy atom. The number of ether oxygens (including phenoxy) is 1. The summed E-state index contributed by atoms with van der Waals surface area (Å²) >= 11 is 0. The molecule has 0 aliphatic carbocycles. The molecule has 1 heterocycles. The lowest BCUT2D eigenvalue weighted by Crippen LogP contribution is -2.30. The topological polar surface area (TPSA) is 51.2 Å². The van der Waals surface area contributed by atoms with Crippen LogP contribution in [0.15, 0.2) is 48.8 Å². The normalized spacial score (nSPS) is 11.7. The number of amides is 1. The average Bonchev–Trinajstić information content (AvgIpc) is 2.42. The minimum atomic E-state index is -0.561. The van der Waals surface area contributed by atoms with E-state index < -0.39 is 6.10 Å². The molecule has 4 heteroatoms. The van der Waals surface area contributed by atoms with Gasteiger partial charge in [-0.15, -0.1) is 0 Å². The number of aryl methyl sites for hydroxylation is 1. The van der Waals surface area contributed by atoms with Crippen LogP contribution in [0.5, 0.6) is 5.75 Å². The third-order valence-corrected chi connectivity index (χ3v) is 2.71. The number of para-hydroxylation sites is 1. The Bertz CT molecular complexity index is 555. The van der Waals surface area contributed by atoms with E-state index in [2.05, 4.69) is 10.3 Å². The fourth-order valence-corrected chi connectivity index (χ4v) is 1.61. The molecule has 0 aliphatic rings. The molecule has 98 valence electrons. The van der Waals surface area contributed by atoms with Crippen molar-refractivity contribution in [3.05, 3.63) is 54.4 Å². The highest BCUT2D eigenvalue weighted by Crippen LogP contribution is 2.18. The lowest BCUT2D eigenvalue weighted by atomic mass is 10.2. The summed E-state index contributed by atoms with van der Waals surface area (Å²) in [5, 5.41) is 2.78. The van der Waals surface area contributed by atoms with E-state index in [0.717, 1.165) is 11.3 Å². The second-order valence-electron chi connectivity index (χ2n) is 4.25. The third kappa shape index (κ3) is 3.55. The number of hydrogen-bond acceptors (Lipinski definition) is 3. The molecule has 0 saturated heterocycles. The van der Waals surface area contributed by atoms with Crippen LogP contribution in [0, 0.1) is 6.92 Å². The molecule has 1 aromatic carbocycles. The van der Waals surface area contributed by atoms with E-state index in [-0.39, 0.29) is 5.91 Å². The second-order valence-corrected chi connectivity index (χ2v) is 4.25. The quantitative estimate of drug-likeness (QED) is 0.915. The molecular formula is C15H16N2O2.